The summed E-state index contributed by atoms with van der Waals surface area (Å²) in [6.07, 6.45) is -4.70. The highest BCUT2D eigenvalue weighted by atomic mass is 79.9. The van der Waals surface area contributed by atoms with Crippen LogP contribution in [0, 0.1) is 5.82 Å². The fourth-order valence-electron chi connectivity index (χ4n) is 1.97. The minimum Gasteiger partial charge on any atom is -0.309 e. The van der Waals surface area contributed by atoms with Crippen LogP contribution in [0.2, 0.25) is 0 Å². The van der Waals surface area contributed by atoms with Gasteiger partial charge in [-0.15, -0.1) is 0 Å². The van der Waals surface area contributed by atoms with Gasteiger partial charge in [-0.2, -0.15) is 24.5 Å². The lowest BCUT2D eigenvalue weighted by atomic mass is 9.98. The molecule has 1 heterocycles. The highest BCUT2D eigenvalue weighted by Gasteiger charge is 2.36. The van der Waals surface area contributed by atoms with Gasteiger partial charge in [0.05, 0.1) is 11.6 Å². The quantitative estimate of drug-likeness (QED) is 0.754. The predicted molar refractivity (Wildman–Crippen MR) is 74.3 cm³/mol. The first-order valence-corrected chi connectivity index (χ1v) is 7.34. The van der Waals surface area contributed by atoms with E-state index in [2.05, 4.69) is 21.2 Å². The number of thiophene rings is 1. The van der Waals surface area contributed by atoms with Gasteiger partial charge in [-0.3, -0.25) is 0 Å². The zero-order chi connectivity index (χ0) is 14.9. The van der Waals surface area contributed by atoms with E-state index in [0.717, 1.165) is 10.5 Å². The molecule has 0 bridgehead atoms. The Morgan fingerprint density at radius 3 is 2.40 bits per heavy atom. The number of halogens is 5. The molecule has 1 aromatic carbocycles. The zero-order valence-corrected chi connectivity index (χ0v) is 12.7. The summed E-state index contributed by atoms with van der Waals surface area (Å²) in [7, 11) is 1.58. The van der Waals surface area contributed by atoms with Crippen molar-refractivity contribution >= 4 is 27.3 Å². The molecule has 1 atom stereocenters. The average molecular weight is 368 g/mol. The molecule has 1 unspecified atom stereocenters. The van der Waals surface area contributed by atoms with Crippen LogP contribution in [-0.2, 0) is 6.18 Å². The van der Waals surface area contributed by atoms with Gasteiger partial charge in [0.25, 0.3) is 0 Å². The first kappa shape index (κ1) is 15.5. The van der Waals surface area contributed by atoms with Crippen molar-refractivity contribution in [2.75, 3.05) is 7.05 Å². The van der Waals surface area contributed by atoms with E-state index in [1.807, 2.05) is 0 Å². The summed E-state index contributed by atoms with van der Waals surface area (Å²) < 4.78 is 53.1. The van der Waals surface area contributed by atoms with E-state index in [4.69, 9.17) is 0 Å². The number of alkyl halides is 3. The van der Waals surface area contributed by atoms with Crippen LogP contribution in [-0.4, -0.2) is 7.05 Å². The van der Waals surface area contributed by atoms with Gasteiger partial charge in [0.2, 0.25) is 0 Å². The Bertz CT molecular complexity index is 609. The van der Waals surface area contributed by atoms with Gasteiger partial charge in [0, 0.05) is 15.4 Å². The summed E-state index contributed by atoms with van der Waals surface area (Å²) >= 11 is 4.70. The SMILES string of the molecule is CNC(c1cscc1Br)c1cccc(C(F)(F)F)c1F. The van der Waals surface area contributed by atoms with Gasteiger partial charge >= 0.3 is 6.18 Å². The molecule has 7 heteroatoms. The maximum atomic E-state index is 14.2. The largest absolute Gasteiger partial charge is 0.419 e. The fourth-order valence-corrected chi connectivity index (χ4v) is 3.52. The summed E-state index contributed by atoms with van der Waals surface area (Å²) in [5, 5.41) is 6.42. The van der Waals surface area contributed by atoms with E-state index >= 15 is 0 Å². The van der Waals surface area contributed by atoms with Crippen LogP contribution in [0.15, 0.2) is 33.4 Å². The summed E-state index contributed by atoms with van der Waals surface area (Å²) in [6.45, 7) is 0. The predicted octanol–water partition coefficient (Wildman–Crippen LogP) is 4.98. The maximum Gasteiger partial charge on any atom is 0.419 e. The second-order valence-electron chi connectivity index (χ2n) is 4.10. The second kappa shape index (κ2) is 5.83. The highest BCUT2D eigenvalue weighted by Crippen LogP contribution is 2.37. The van der Waals surface area contributed by atoms with Gasteiger partial charge in [-0.05, 0) is 40.0 Å². The van der Waals surface area contributed by atoms with E-state index in [0.29, 0.717) is 5.56 Å². The molecule has 1 aromatic heterocycles. The molecule has 1 N–H and O–H groups in total. The Balaban J connectivity index is 2.54. The molecule has 108 valence electrons. The molecule has 0 radical (unpaired) electrons. The Hall–Kier alpha value is -0.920. The van der Waals surface area contributed by atoms with Gasteiger partial charge in [0.1, 0.15) is 5.82 Å². The molecular weight excluding hydrogens is 358 g/mol. The van der Waals surface area contributed by atoms with E-state index in [1.165, 1.54) is 23.5 Å². The average Bonchev–Trinajstić information content (AvgIpc) is 2.77. The molecular formula is C13H10BrF4NS. The molecule has 20 heavy (non-hydrogen) atoms. The first-order valence-electron chi connectivity index (χ1n) is 5.60. The highest BCUT2D eigenvalue weighted by molar-refractivity contribution is 9.10. The third kappa shape index (κ3) is 2.89. The summed E-state index contributed by atoms with van der Waals surface area (Å²) in [4.78, 5) is 0. The van der Waals surface area contributed by atoms with Crippen molar-refractivity contribution in [2.24, 2.45) is 0 Å². The van der Waals surface area contributed by atoms with E-state index in [9.17, 15) is 17.6 Å². The Labute approximate surface area is 125 Å². The Kier molecular flexibility index (Phi) is 4.51. The summed E-state index contributed by atoms with van der Waals surface area (Å²) in [5.74, 6) is -1.24. The van der Waals surface area contributed by atoms with Crippen LogP contribution < -0.4 is 5.32 Å². The van der Waals surface area contributed by atoms with Crippen molar-refractivity contribution in [3.63, 3.8) is 0 Å². The molecule has 0 amide bonds. The van der Waals surface area contributed by atoms with Crippen LogP contribution in [0.3, 0.4) is 0 Å². The summed E-state index contributed by atoms with van der Waals surface area (Å²) in [5.41, 5.74) is -0.571. The van der Waals surface area contributed by atoms with Gasteiger partial charge < -0.3 is 5.32 Å². The van der Waals surface area contributed by atoms with Crippen molar-refractivity contribution < 1.29 is 17.6 Å². The van der Waals surface area contributed by atoms with Crippen LogP contribution in [0.1, 0.15) is 22.7 Å². The third-order valence-corrected chi connectivity index (χ3v) is 4.64. The molecule has 0 aliphatic heterocycles. The number of benzene rings is 1. The molecule has 0 aliphatic carbocycles. The number of nitrogens with one attached hydrogen (secondary N) is 1. The molecule has 0 aliphatic rings. The van der Waals surface area contributed by atoms with Crippen molar-refractivity contribution in [3.05, 3.63) is 55.9 Å². The van der Waals surface area contributed by atoms with Crippen LogP contribution in [0.25, 0.3) is 0 Å². The van der Waals surface area contributed by atoms with E-state index < -0.39 is 23.6 Å². The standard InChI is InChI=1S/C13H10BrF4NS/c1-19-12(8-5-20-6-10(8)14)7-3-2-4-9(11(7)15)13(16,17)18/h2-6,12,19H,1H3. The first-order chi connectivity index (χ1) is 9.36. The summed E-state index contributed by atoms with van der Waals surface area (Å²) in [6, 6.07) is 2.67. The molecule has 2 rings (SSSR count). The normalized spacial score (nSPS) is 13.5. The molecule has 0 saturated heterocycles. The van der Waals surface area contributed by atoms with Gasteiger partial charge in [-0.1, -0.05) is 12.1 Å². The van der Waals surface area contributed by atoms with Gasteiger partial charge in [0.15, 0.2) is 0 Å². The third-order valence-electron chi connectivity index (χ3n) is 2.89. The van der Waals surface area contributed by atoms with Crippen LogP contribution in [0.5, 0.6) is 0 Å². The van der Waals surface area contributed by atoms with Gasteiger partial charge in [-0.25, -0.2) is 4.39 Å². The number of hydrogen-bond donors (Lipinski definition) is 1. The van der Waals surface area contributed by atoms with E-state index in [-0.39, 0.29) is 5.56 Å². The molecule has 0 spiro atoms. The smallest absolute Gasteiger partial charge is 0.309 e. The monoisotopic (exact) mass is 367 g/mol. The molecule has 0 saturated carbocycles. The second-order valence-corrected chi connectivity index (χ2v) is 5.70. The lowest BCUT2D eigenvalue weighted by Gasteiger charge is -2.19. The fraction of sp³-hybridized carbons (Fsp3) is 0.231. The minimum absolute atomic E-state index is 0.0265. The lowest BCUT2D eigenvalue weighted by molar-refractivity contribution is -0.140. The molecule has 1 nitrogen and oxygen atoms in total. The topological polar surface area (TPSA) is 12.0 Å². The lowest BCUT2D eigenvalue weighted by Crippen LogP contribution is -2.20. The van der Waals surface area contributed by atoms with Crippen molar-refractivity contribution in [2.45, 2.75) is 12.2 Å². The van der Waals surface area contributed by atoms with E-state index in [1.54, 1.807) is 17.8 Å². The number of rotatable bonds is 3. The minimum atomic E-state index is -4.70. The Morgan fingerprint density at radius 2 is 1.90 bits per heavy atom. The Morgan fingerprint density at radius 1 is 1.20 bits per heavy atom. The van der Waals surface area contributed by atoms with Crippen molar-refractivity contribution in [1.29, 1.82) is 0 Å². The maximum absolute atomic E-state index is 14.2. The molecule has 2 aromatic rings. The van der Waals surface area contributed by atoms with Crippen LogP contribution >= 0.6 is 27.3 Å². The van der Waals surface area contributed by atoms with Crippen molar-refractivity contribution in [1.82, 2.24) is 5.32 Å². The van der Waals surface area contributed by atoms with Crippen LogP contribution in [0.4, 0.5) is 17.6 Å². The van der Waals surface area contributed by atoms with Crippen molar-refractivity contribution in [3.8, 4) is 0 Å². The zero-order valence-electron chi connectivity index (χ0n) is 10.3. The number of hydrogen-bond acceptors (Lipinski definition) is 2. The molecule has 0 fully saturated rings.